The highest BCUT2D eigenvalue weighted by atomic mass is 35.5. The summed E-state index contributed by atoms with van der Waals surface area (Å²) in [6.45, 7) is 3.92. The summed E-state index contributed by atoms with van der Waals surface area (Å²) < 4.78 is 42.1. The van der Waals surface area contributed by atoms with E-state index in [1.165, 1.54) is 21.7 Å². The average molecular weight is 573 g/mol. The third kappa shape index (κ3) is 5.57. The summed E-state index contributed by atoms with van der Waals surface area (Å²) in [4.78, 5) is 29.9. The summed E-state index contributed by atoms with van der Waals surface area (Å²) in [5.41, 5.74) is 0.568. The number of halogens is 4. The quantitative estimate of drug-likeness (QED) is 0.272. The number of thioether (sulfide) groups is 1. The smallest absolute Gasteiger partial charge is 0.292 e. The van der Waals surface area contributed by atoms with Gasteiger partial charge in [-0.1, -0.05) is 36.6 Å². The zero-order chi connectivity index (χ0) is 27.9. The Bertz CT molecular complexity index is 1530. The zero-order valence-corrected chi connectivity index (χ0v) is 22.5. The minimum Gasteiger partial charge on any atom is -0.292 e. The number of carbonyl (C=O) groups excluding carboxylic acids is 2. The molecule has 0 spiro atoms. The summed E-state index contributed by atoms with van der Waals surface area (Å²) >= 11 is 6.71. The van der Waals surface area contributed by atoms with Crippen LogP contribution in [-0.2, 0) is 17.5 Å². The predicted octanol–water partition coefficient (Wildman–Crippen LogP) is 6.14. The Morgan fingerprint density at radius 2 is 2.03 bits per heavy atom. The number of nitrogens with zero attached hydrogens (tertiary/aromatic N) is 4. The normalized spacial score (nSPS) is 21.7. The van der Waals surface area contributed by atoms with E-state index in [4.69, 9.17) is 18.0 Å². The molecule has 0 N–H and O–H groups in total. The van der Waals surface area contributed by atoms with Gasteiger partial charge in [0.2, 0.25) is 0 Å². The van der Waals surface area contributed by atoms with Crippen LogP contribution < -0.4 is 0 Å². The van der Waals surface area contributed by atoms with Gasteiger partial charge >= 0.3 is 6.18 Å². The molecule has 6 nitrogen and oxygen atoms in total. The third-order valence-corrected chi connectivity index (χ3v) is 8.19. The molecule has 11 heteroatoms. The van der Waals surface area contributed by atoms with Crippen molar-refractivity contribution in [1.29, 1.82) is 0 Å². The number of benzene rings is 2. The highest BCUT2D eigenvalue weighted by Crippen LogP contribution is 2.38. The molecular formula is C28H24ClF3N4O2S. The third-order valence-electron chi connectivity index (χ3n) is 7.08. The summed E-state index contributed by atoms with van der Waals surface area (Å²) in [5, 5.41) is 4.70. The first-order valence-electron chi connectivity index (χ1n) is 12.3. The molecule has 2 fully saturated rings. The molecule has 3 heterocycles. The number of alkyl halides is 3. The number of aromatic nitrogens is 2. The molecule has 2 saturated heterocycles. The van der Waals surface area contributed by atoms with E-state index in [0.717, 1.165) is 30.9 Å². The Kier molecular flexibility index (Phi) is 7.51. The van der Waals surface area contributed by atoms with Crippen LogP contribution in [0.2, 0.25) is 5.02 Å². The standard InChI is InChI=1S/C28H24ClF3N4O2S/c1-3-9-34-10-8-23(17(2)15-34)36-26(37)25(39-27(36)38)12-18-4-7-24-20(11-18)14-33-35(24)16-19-5-6-21(29)13-22(19)28(30,31)32/h1,4-7,11-14,17,23H,8-10,15-16H2,2H3/b25-12-/t17-,23-/m1/s1. The Morgan fingerprint density at radius 1 is 1.23 bits per heavy atom. The first kappa shape index (κ1) is 27.3. The number of rotatable bonds is 5. The van der Waals surface area contributed by atoms with Gasteiger partial charge < -0.3 is 0 Å². The predicted molar refractivity (Wildman–Crippen MR) is 146 cm³/mol. The van der Waals surface area contributed by atoms with Gasteiger partial charge in [0.1, 0.15) is 0 Å². The number of amides is 2. The largest absolute Gasteiger partial charge is 0.416 e. The molecule has 0 radical (unpaired) electrons. The fourth-order valence-corrected chi connectivity index (χ4v) is 6.28. The lowest BCUT2D eigenvalue weighted by Gasteiger charge is -2.39. The molecule has 0 aliphatic carbocycles. The SMILES string of the molecule is C#CCN1CC[C@@H](N2C(=O)S/C(=C\c3ccc4c(cnn4Cc4ccc(Cl)cc4C(F)(F)F)c3)C2=O)[C@H](C)C1. The average Bonchev–Trinajstić information content (AvgIpc) is 3.39. The van der Waals surface area contributed by atoms with Crippen molar-refractivity contribution in [3.8, 4) is 12.3 Å². The number of fused-ring (bicyclic) bond motifs is 1. The molecule has 5 rings (SSSR count). The molecule has 2 aliphatic rings. The first-order chi connectivity index (χ1) is 18.5. The lowest BCUT2D eigenvalue weighted by molar-refractivity contribution is -0.138. The van der Waals surface area contributed by atoms with Crippen LogP contribution in [0.15, 0.2) is 47.5 Å². The zero-order valence-electron chi connectivity index (χ0n) is 20.9. The number of hydrogen-bond donors (Lipinski definition) is 0. The molecule has 0 bridgehead atoms. The highest BCUT2D eigenvalue weighted by molar-refractivity contribution is 8.18. The maximum Gasteiger partial charge on any atom is 0.416 e. The van der Waals surface area contributed by atoms with E-state index >= 15 is 0 Å². The summed E-state index contributed by atoms with van der Waals surface area (Å²) in [7, 11) is 0. The van der Waals surface area contributed by atoms with Crippen LogP contribution in [-0.4, -0.2) is 56.4 Å². The maximum absolute atomic E-state index is 13.5. The summed E-state index contributed by atoms with van der Waals surface area (Å²) in [5.74, 6) is 2.42. The molecule has 3 aromatic rings. The summed E-state index contributed by atoms with van der Waals surface area (Å²) in [6.07, 6.45) is 4.78. The number of likely N-dealkylation sites (tertiary alicyclic amines) is 1. The number of imide groups is 1. The van der Waals surface area contributed by atoms with Crippen LogP contribution in [0.25, 0.3) is 17.0 Å². The topological polar surface area (TPSA) is 58.4 Å². The van der Waals surface area contributed by atoms with Crippen LogP contribution in [0.3, 0.4) is 0 Å². The van der Waals surface area contributed by atoms with Crippen molar-refractivity contribution < 1.29 is 22.8 Å². The van der Waals surface area contributed by atoms with Crippen LogP contribution in [0, 0.1) is 18.3 Å². The van der Waals surface area contributed by atoms with Gasteiger partial charge in [-0.3, -0.25) is 24.1 Å². The number of carbonyl (C=O) groups is 2. The second kappa shape index (κ2) is 10.7. The van der Waals surface area contributed by atoms with E-state index in [2.05, 4.69) is 15.9 Å². The molecule has 39 heavy (non-hydrogen) atoms. The van der Waals surface area contributed by atoms with Gasteiger partial charge in [0.15, 0.2) is 0 Å². The minimum atomic E-state index is -4.55. The van der Waals surface area contributed by atoms with Crippen LogP contribution in [0.5, 0.6) is 0 Å². The van der Waals surface area contributed by atoms with Gasteiger partial charge in [0.25, 0.3) is 11.1 Å². The molecule has 2 aromatic carbocycles. The molecule has 0 saturated carbocycles. The maximum atomic E-state index is 13.5. The van der Waals surface area contributed by atoms with Crippen molar-refractivity contribution in [2.75, 3.05) is 19.6 Å². The van der Waals surface area contributed by atoms with Gasteiger partial charge in [-0.2, -0.15) is 18.3 Å². The molecule has 1 aromatic heterocycles. The van der Waals surface area contributed by atoms with Crippen molar-refractivity contribution in [2.24, 2.45) is 5.92 Å². The summed E-state index contributed by atoms with van der Waals surface area (Å²) in [6, 6.07) is 8.78. The second-order valence-electron chi connectivity index (χ2n) is 9.74. The Hall–Kier alpha value is -3.26. The van der Waals surface area contributed by atoms with Gasteiger partial charge in [0, 0.05) is 29.5 Å². The lowest BCUT2D eigenvalue weighted by atomic mass is 9.92. The van der Waals surface area contributed by atoms with E-state index in [0.29, 0.717) is 34.3 Å². The van der Waals surface area contributed by atoms with Gasteiger partial charge in [-0.05, 0) is 65.6 Å². The molecular weight excluding hydrogens is 549 g/mol. The van der Waals surface area contributed by atoms with Crippen molar-refractivity contribution >= 4 is 51.5 Å². The Labute approximate surface area is 232 Å². The number of piperidine rings is 1. The van der Waals surface area contributed by atoms with Gasteiger partial charge in [0.05, 0.1) is 35.3 Å². The Morgan fingerprint density at radius 3 is 2.74 bits per heavy atom. The molecule has 2 aliphatic heterocycles. The van der Waals surface area contributed by atoms with Crippen molar-refractivity contribution in [3.05, 3.63) is 69.2 Å². The molecule has 2 atom stereocenters. The van der Waals surface area contributed by atoms with Crippen molar-refractivity contribution in [3.63, 3.8) is 0 Å². The minimum absolute atomic E-state index is 0.00858. The van der Waals surface area contributed by atoms with Crippen molar-refractivity contribution in [2.45, 2.75) is 32.1 Å². The lowest BCUT2D eigenvalue weighted by Crippen LogP contribution is -2.51. The van der Waals surface area contributed by atoms with Gasteiger partial charge in [-0.15, -0.1) is 6.42 Å². The number of hydrogen-bond acceptors (Lipinski definition) is 5. The van der Waals surface area contributed by atoms with Crippen molar-refractivity contribution in [1.82, 2.24) is 19.6 Å². The molecule has 202 valence electrons. The molecule has 0 unspecified atom stereocenters. The fourth-order valence-electron chi connectivity index (χ4n) is 5.23. The van der Waals surface area contributed by atoms with Gasteiger partial charge in [-0.25, -0.2) is 0 Å². The van der Waals surface area contributed by atoms with Crippen LogP contribution in [0.4, 0.5) is 18.0 Å². The van der Waals surface area contributed by atoms with E-state index in [-0.39, 0.29) is 40.2 Å². The fraction of sp³-hybridized carbons (Fsp3) is 0.321. The second-order valence-corrected chi connectivity index (χ2v) is 11.2. The first-order valence-corrected chi connectivity index (χ1v) is 13.5. The highest BCUT2D eigenvalue weighted by Gasteiger charge is 2.43. The number of terminal acetylenes is 1. The molecule has 2 amide bonds. The van der Waals surface area contributed by atoms with Crippen LogP contribution in [0.1, 0.15) is 30.0 Å². The monoisotopic (exact) mass is 572 g/mol. The van der Waals surface area contributed by atoms with E-state index in [1.54, 1.807) is 30.5 Å². The van der Waals surface area contributed by atoms with E-state index < -0.39 is 11.7 Å². The van der Waals surface area contributed by atoms with E-state index in [1.807, 2.05) is 6.92 Å². The Balaban J connectivity index is 1.36. The van der Waals surface area contributed by atoms with E-state index in [9.17, 15) is 22.8 Å². The van der Waals surface area contributed by atoms with Crippen LogP contribution >= 0.6 is 23.4 Å².